The molecule has 5 aromatic carbocycles. The van der Waals surface area contributed by atoms with E-state index in [1.54, 1.807) is 43.4 Å². The fourth-order valence-electron chi connectivity index (χ4n) is 5.76. The molecule has 5 rings (SSSR count). The Morgan fingerprint density at radius 3 is 2.08 bits per heavy atom. The summed E-state index contributed by atoms with van der Waals surface area (Å²) in [6.07, 6.45) is -3.67. The first-order chi connectivity index (χ1) is 23.6. The first-order valence-electron chi connectivity index (χ1n) is 15.8. The van der Waals surface area contributed by atoms with Gasteiger partial charge in [-0.25, -0.2) is 4.79 Å². The molecule has 0 saturated heterocycles. The number of alkyl halides is 3. The Balaban J connectivity index is 1.26. The number of nitrogens with one attached hydrogen (secondary N) is 2. The van der Waals surface area contributed by atoms with Crippen molar-refractivity contribution in [1.82, 2.24) is 5.32 Å². The van der Waals surface area contributed by atoms with E-state index in [1.807, 2.05) is 78.9 Å². The maximum Gasteiger partial charge on any atom is 0.417 e. The molecule has 0 unspecified atom stereocenters. The molecule has 0 spiro atoms. The summed E-state index contributed by atoms with van der Waals surface area (Å²) in [6.45, 7) is 1.42. The zero-order valence-corrected chi connectivity index (χ0v) is 28.3. The number of amides is 2. The third-order valence-corrected chi connectivity index (χ3v) is 9.12. The van der Waals surface area contributed by atoms with Gasteiger partial charge in [-0.2, -0.15) is 13.2 Å². The summed E-state index contributed by atoms with van der Waals surface area (Å²) in [7, 11) is 1.66. The third kappa shape index (κ3) is 8.95. The van der Waals surface area contributed by atoms with Crippen molar-refractivity contribution in [3.05, 3.63) is 160 Å². The normalized spacial score (nSPS) is 11.6. The van der Waals surface area contributed by atoms with Crippen molar-refractivity contribution in [1.29, 1.82) is 0 Å². The number of rotatable bonds is 13. The van der Waals surface area contributed by atoms with Gasteiger partial charge in [0, 0.05) is 30.8 Å². The number of benzene rings is 5. The van der Waals surface area contributed by atoms with E-state index in [0.29, 0.717) is 53.8 Å². The molecule has 2 amide bonds. The lowest BCUT2D eigenvalue weighted by Gasteiger charge is -2.36. The van der Waals surface area contributed by atoms with Crippen LogP contribution in [0.1, 0.15) is 28.7 Å². The first-order valence-corrected chi connectivity index (χ1v) is 16.5. The molecule has 0 aromatic heterocycles. The fraction of sp³-hybridized carbons (Fsp3) is 0.205. The number of urea groups is 1. The fourth-order valence-corrected chi connectivity index (χ4v) is 6.24. The van der Waals surface area contributed by atoms with Crippen LogP contribution < -0.4 is 20.3 Å². The SMILES string of the molecule is CN(C(=O)Nc1ccccc1Cl)c1cccc(OCCCNCC(Cc2cccc(C(F)(F)F)c2Cl)(c2ccccc2)c2ccccc2)c1. The number of ether oxygens (including phenoxy) is 1. The number of halogens is 5. The average molecular weight is 707 g/mol. The topological polar surface area (TPSA) is 53.6 Å². The van der Waals surface area contributed by atoms with Crippen molar-refractivity contribution >= 4 is 40.6 Å². The lowest BCUT2D eigenvalue weighted by atomic mass is 9.70. The maximum atomic E-state index is 13.8. The van der Waals surface area contributed by atoms with Gasteiger partial charge in [0.15, 0.2) is 0 Å². The molecular weight excluding hydrogens is 670 g/mol. The standard InChI is InChI=1S/C39H36Cl2F3N3O2/c1-47(37(48)46-35-22-9-8-21-34(35)40)31-18-11-19-32(25-31)49-24-12-23-45-27-38(29-14-4-2-5-15-29,30-16-6-3-7-17-30)26-28-13-10-20-33(36(28)41)39(42,43)44/h2-11,13-22,25,45H,12,23-24,26-27H2,1H3,(H,46,48). The van der Waals surface area contributed by atoms with E-state index in [2.05, 4.69) is 10.6 Å². The molecule has 0 fully saturated rings. The number of hydrogen-bond acceptors (Lipinski definition) is 3. The van der Waals surface area contributed by atoms with E-state index in [0.717, 1.165) is 17.2 Å². The van der Waals surface area contributed by atoms with Gasteiger partial charge >= 0.3 is 12.2 Å². The summed E-state index contributed by atoms with van der Waals surface area (Å²) in [6, 6.07) is 37.5. The molecule has 2 N–H and O–H groups in total. The molecule has 5 nitrogen and oxygen atoms in total. The smallest absolute Gasteiger partial charge is 0.417 e. The van der Waals surface area contributed by atoms with E-state index in [9.17, 15) is 18.0 Å². The van der Waals surface area contributed by atoms with Crippen molar-refractivity contribution in [3.63, 3.8) is 0 Å². The molecule has 0 aliphatic carbocycles. The van der Waals surface area contributed by atoms with Crippen molar-refractivity contribution in [2.45, 2.75) is 24.4 Å². The highest BCUT2D eigenvalue weighted by atomic mass is 35.5. The molecule has 0 heterocycles. The zero-order chi connectivity index (χ0) is 34.9. The summed E-state index contributed by atoms with van der Waals surface area (Å²) < 4.78 is 47.5. The van der Waals surface area contributed by atoms with Crippen LogP contribution >= 0.6 is 23.2 Å². The molecule has 10 heteroatoms. The van der Waals surface area contributed by atoms with Gasteiger partial charge in [-0.15, -0.1) is 0 Å². The highest BCUT2D eigenvalue weighted by molar-refractivity contribution is 6.33. The second-order valence-corrected chi connectivity index (χ2v) is 12.4. The van der Waals surface area contributed by atoms with Crippen LogP contribution in [0.4, 0.5) is 29.3 Å². The average Bonchev–Trinajstić information content (AvgIpc) is 3.11. The predicted molar refractivity (Wildman–Crippen MR) is 192 cm³/mol. The predicted octanol–water partition coefficient (Wildman–Crippen LogP) is 10.3. The molecule has 254 valence electrons. The van der Waals surface area contributed by atoms with Crippen LogP contribution in [-0.2, 0) is 18.0 Å². The number of nitrogens with zero attached hydrogens (tertiary/aromatic N) is 1. The highest BCUT2D eigenvalue weighted by Gasteiger charge is 2.38. The molecule has 0 radical (unpaired) electrons. The Kier molecular flexibility index (Phi) is 11.9. The van der Waals surface area contributed by atoms with Crippen LogP contribution in [-0.4, -0.2) is 32.8 Å². The summed E-state index contributed by atoms with van der Waals surface area (Å²) in [4.78, 5) is 14.3. The summed E-state index contributed by atoms with van der Waals surface area (Å²) in [5.41, 5.74) is 1.92. The lowest BCUT2D eigenvalue weighted by molar-refractivity contribution is -0.137. The number of carbonyl (C=O) groups excluding carboxylic acids is 1. The molecule has 0 bridgehead atoms. The third-order valence-electron chi connectivity index (χ3n) is 8.35. The molecule has 49 heavy (non-hydrogen) atoms. The van der Waals surface area contributed by atoms with Crippen LogP contribution in [0.25, 0.3) is 0 Å². The molecule has 0 aliphatic rings. The summed E-state index contributed by atoms with van der Waals surface area (Å²) in [5, 5.41) is 6.52. The molecule has 0 atom stereocenters. The van der Waals surface area contributed by atoms with Gasteiger partial charge in [0.2, 0.25) is 0 Å². The van der Waals surface area contributed by atoms with E-state index >= 15 is 0 Å². The van der Waals surface area contributed by atoms with E-state index < -0.39 is 17.2 Å². The Morgan fingerprint density at radius 1 is 0.796 bits per heavy atom. The van der Waals surface area contributed by atoms with E-state index in [4.69, 9.17) is 27.9 Å². The summed E-state index contributed by atoms with van der Waals surface area (Å²) >= 11 is 12.6. The quantitative estimate of drug-likeness (QED) is 0.120. The van der Waals surface area contributed by atoms with E-state index in [1.165, 1.54) is 11.0 Å². The minimum absolute atomic E-state index is 0.248. The van der Waals surface area contributed by atoms with Crippen molar-refractivity contribution in [3.8, 4) is 5.75 Å². The monoisotopic (exact) mass is 705 g/mol. The highest BCUT2D eigenvalue weighted by Crippen LogP contribution is 2.41. The van der Waals surface area contributed by atoms with Gasteiger partial charge in [0.1, 0.15) is 5.75 Å². The van der Waals surface area contributed by atoms with Crippen LogP contribution in [0, 0.1) is 0 Å². The number of anilines is 2. The van der Waals surface area contributed by atoms with Gasteiger partial charge in [0.25, 0.3) is 0 Å². The van der Waals surface area contributed by atoms with Crippen LogP contribution in [0.5, 0.6) is 5.75 Å². The van der Waals surface area contributed by atoms with Gasteiger partial charge in [-0.05, 0) is 66.4 Å². The molecule has 0 aliphatic heterocycles. The Morgan fingerprint density at radius 2 is 1.43 bits per heavy atom. The number of hydrogen-bond donors (Lipinski definition) is 2. The number of carbonyl (C=O) groups is 1. The van der Waals surface area contributed by atoms with Gasteiger partial charge in [-0.3, -0.25) is 4.90 Å². The van der Waals surface area contributed by atoms with Crippen LogP contribution in [0.2, 0.25) is 10.0 Å². The Labute approximate surface area is 294 Å². The van der Waals surface area contributed by atoms with Gasteiger partial charge in [0.05, 0.1) is 27.9 Å². The Bertz CT molecular complexity index is 1800. The maximum absolute atomic E-state index is 13.8. The second kappa shape index (κ2) is 16.3. The second-order valence-electron chi connectivity index (χ2n) is 11.6. The van der Waals surface area contributed by atoms with Gasteiger partial charge < -0.3 is 15.4 Å². The lowest BCUT2D eigenvalue weighted by Crippen LogP contribution is -2.42. The minimum atomic E-state index is -4.56. The largest absolute Gasteiger partial charge is 0.493 e. The molecule has 5 aromatic rings. The van der Waals surface area contributed by atoms with Crippen LogP contribution in [0.15, 0.2) is 127 Å². The zero-order valence-electron chi connectivity index (χ0n) is 26.8. The van der Waals surface area contributed by atoms with Crippen molar-refractivity contribution in [2.24, 2.45) is 0 Å². The number of para-hydroxylation sites is 1. The molecule has 0 saturated carbocycles. The van der Waals surface area contributed by atoms with Crippen molar-refractivity contribution in [2.75, 3.05) is 37.0 Å². The molecular formula is C39H36Cl2F3N3O2. The van der Waals surface area contributed by atoms with E-state index in [-0.39, 0.29) is 17.5 Å². The summed E-state index contributed by atoms with van der Waals surface area (Å²) in [5.74, 6) is 0.608. The first kappa shape index (κ1) is 35.8. The van der Waals surface area contributed by atoms with Crippen LogP contribution in [0.3, 0.4) is 0 Å². The Hall–Kier alpha value is -4.50. The minimum Gasteiger partial charge on any atom is -0.493 e. The van der Waals surface area contributed by atoms with Crippen molar-refractivity contribution < 1.29 is 22.7 Å². The van der Waals surface area contributed by atoms with Gasteiger partial charge in [-0.1, -0.05) is 114 Å².